The third kappa shape index (κ3) is 4.07. The summed E-state index contributed by atoms with van der Waals surface area (Å²) in [5, 5.41) is 13.0. The number of benzene rings is 9. The zero-order chi connectivity index (χ0) is 30.9. The predicted molar refractivity (Wildman–Crippen MR) is 206 cm³/mol. The van der Waals surface area contributed by atoms with Gasteiger partial charge in [-0.2, -0.15) is 0 Å². The second-order valence-electron chi connectivity index (χ2n) is 12.4. The van der Waals surface area contributed by atoms with E-state index in [0.29, 0.717) is 0 Å². The Balaban J connectivity index is 1.19. The molecule has 9 aromatic carbocycles. The van der Waals surface area contributed by atoms with E-state index in [1.807, 2.05) is 11.3 Å². The molecule has 0 nitrogen and oxygen atoms in total. The third-order valence-electron chi connectivity index (χ3n) is 9.86. The predicted octanol–water partition coefficient (Wildman–Crippen LogP) is 13.7. The molecule has 0 amide bonds. The summed E-state index contributed by atoms with van der Waals surface area (Å²) in [7, 11) is 0. The standard InChI is InChI=1S/C46H28S/c1-3-13-34-29(10-1)12-9-19-35(34)31-20-22-32(23-21-31)44-37-15-5-7-17-39(37)45(40-18-8-6-16-38(40)44)33-25-27-43-42(28-33)41-26-24-30-11-2-4-14-36(30)46(41)47-43/h1-28H. The van der Waals surface area contributed by atoms with Crippen molar-refractivity contribution in [2.24, 2.45) is 0 Å². The van der Waals surface area contributed by atoms with E-state index >= 15 is 0 Å². The monoisotopic (exact) mass is 612 g/mol. The van der Waals surface area contributed by atoms with Gasteiger partial charge in [-0.05, 0) is 88.6 Å². The van der Waals surface area contributed by atoms with Crippen molar-refractivity contribution in [1.29, 1.82) is 0 Å². The van der Waals surface area contributed by atoms with Gasteiger partial charge in [0.15, 0.2) is 0 Å². The lowest BCUT2D eigenvalue weighted by atomic mass is 9.85. The van der Waals surface area contributed by atoms with Crippen LogP contribution in [0.3, 0.4) is 0 Å². The van der Waals surface area contributed by atoms with Crippen LogP contribution in [0.1, 0.15) is 0 Å². The van der Waals surface area contributed by atoms with Crippen LogP contribution in [0.15, 0.2) is 170 Å². The summed E-state index contributed by atoms with van der Waals surface area (Å²) in [4.78, 5) is 0. The first-order chi connectivity index (χ1) is 23.3. The molecule has 0 radical (unpaired) electrons. The molecular weight excluding hydrogens is 585 g/mol. The lowest BCUT2D eigenvalue weighted by Gasteiger charge is -2.18. The SMILES string of the molecule is c1ccc2c(-c3ccc(-c4c5ccccc5c(-c5ccc6sc7c8ccccc8ccc7c6c5)c5ccccc45)cc3)cccc2c1. The van der Waals surface area contributed by atoms with Gasteiger partial charge < -0.3 is 0 Å². The van der Waals surface area contributed by atoms with Crippen LogP contribution in [-0.2, 0) is 0 Å². The smallest absolute Gasteiger partial charge is 0.0433 e. The van der Waals surface area contributed by atoms with Crippen molar-refractivity contribution >= 4 is 74.6 Å². The van der Waals surface area contributed by atoms with Gasteiger partial charge in [0, 0.05) is 20.2 Å². The zero-order valence-corrected chi connectivity index (χ0v) is 26.4. The van der Waals surface area contributed by atoms with Crippen molar-refractivity contribution in [2.75, 3.05) is 0 Å². The summed E-state index contributed by atoms with van der Waals surface area (Å²) in [6.07, 6.45) is 0. The highest BCUT2D eigenvalue weighted by molar-refractivity contribution is 7.26. The number of thiophene rings is 1. The van der Waals surface area contributed by atoms with Crippen LogP contribution in [0.5, 0.6) is 0 Å². The number of fused-ring (bicyclic) bond motifs is 8. The average Bonchev–Trinajstić information content (AvgIpc) is 3.52. The van der Waals surface area contributed by atoms with Gasteiger partial charge >= 0.3 is 0 Å². The molecule has 10 aromatic rings. The van der Waals surface area contributed by atoms with Gasteiger partial charge in [-0.15, -0.1) is 11.3 Å². The lowest BCUT2D eigenvalue weighted by Crippen LogP contribution is -1.91. The largest absolute Gasteiger partial charge is 0.135 e. The molecule has 1 heteroatoms. The van der Waals surface area contributed by atoms with Crippen LogP contribution in [0, 0.1) is 0 Å². The molecule has 10 rings (SSSR count). The van der Waals surface area contributed by atoms with Crippen LogP contribution in [-0.4, -0.2) is 0 Å². The lowest BCUT2D eigenvalue weighted by molar-refractivity contribution is 1.63. The molecule has 0 saturated carbocycles. The first kappa shape index (κ1) is 26.5. The molecule has 0 saturated heterocycles. The summed E-state index contributed by atoms with van der Waals surface area (Å²) in [6, 6.07) is 62.7. The summed E-state index contributed by atoms with van der Waals surface area (Å²) in [6.45, 7) is 0. The average molecular weight is 613 g/mol. The van der Waals surface area contributed by atoms with E-state index < -0.39 is 0 Å². The molecule has 0 bridgehead atoms. The Bertz CT molecular complexity index is 2770. The Morgan fingerprint density at radius 2 is 0.809 bits per heavy atom. The van der Waals surface area contributed by atoms with Gasteiger partial charge in [-0.3, -0.25) is 0 Å². The number of hydrogen-bond acceptors (Lipinski definition) is 1. The molecule has 1 aromatic heterocycles. The topological polar surface area (TPSA) is 0 Å². The van der Waals surface area contributed by atoms with Gasteiger partial charge in [0.25, 0.3) is 0 Å². The third-order valence-corrected chi connectivity index (χ3v) is 11.1. The maximum absolute atomic E-state index is 2.43. The van der Waals surface area contributed by atoms with E-state index in [0.717, 1.165) is 0 Å². The normalized spacial score (nSPS) is 11.8. The van der Waals surface area contributed by atoms with E-state index in [4.69, 9.17) is 0 Å². The summed E-state index contributed by atoms with van der Waals surface area (Å²) >= 11 is 1.90. The van der Waals surface area contributed by atoms with E-state index in [1.54, 1.807) is 0 Å². The fourth-order valence-corrected chi connectivity index (χ4v) is 8.92. The van der Waals surface area contributed by atoms with Crippen molar-refractivity contribution in [3.05, 3.63) is 170 Å². The molecule has 0 aliphatic heterocycles. The van der Waals surface area contributed by atoms with Gasteiger partial charge in [-0.1, -0.05) is 158 Å². The summed E-state index contributed by atoms with van der Waals surface area (Å²) in [5.41, 5.74) is 7.59. The minimum absolute atomic E-state index is 1.24. The van der Waals surface area contributed by atoms with Gasteiger partial charge in [0.1, 0.15) is 0 Å². The van der Waals surface area contributed by atoms with Gasteiger partial charge in [-0.25, -0.2) is 0 Å². The summed E-state index contributed by atoms with van der Waals surface area (Å²) in [5.74, 6) is 0. The Hall–Kier alpha value is -5.76. The first-order valence-corrected chi connectivity index (χ1v) is 17.0. The molecule has 0 unspecified atom stereocenters. The van der Waals surface area contributed by atoms with Crippen LogP contribution in [0.25, 0.3) is 96.6 Å². The van der Waals surface area contributed by atoms with Crippen molar-refractivity contribution < 1.29 is 0 Å². The van der Waals surface area contributed by atoms with E-state index in [9.17, 15) is 0 Å². The molecule has 0 spiro atoms. The fraction of sp³-hybridized carbons (Fsp3) is 0. The Labute approximate surface area is 276 Å². The molecule has 0 aliphatic carbocycles. The second kappa shape index (κ2) is 10.4. The highest BCUT2D eigenvalue weighted by Crippen LogP contribution is 2.46. The summed E-state index contributed by atoms with van der Waals surface area (Å²) < 4.78 is 2.70. The van der Waals surface area contributed by atoms with Crippen molar-refractivity contribution in [3.8, 4) is 33.4 Å². The Morgan fingerprint density at radius 3 is 1.49 bits per heavy atom. The molecule has 0 fully saturated rings. The number of hydrogen-bond donors (Lipinski definition) is 0. The minimum atomic E-state index is 1.24. The van der Waals surface area contributed by atoms with E-state index in [-0.39, 0.29) is 0 Å². The van der Waals surface area contributed by atoms with Crippen LogP contribution in [0.4, 0.5) is 0 Å². The van der Waals surface area contributed by atoms with Crippen LogP contribution < -0.4 is 0 Å². The Kier molecular flexibility index (Phi) is 5.85. The van der Waals surface area contributed by atoms with Gasteiger partial charge in [0.2, 0.25) is 0 Å². The molecule has 0 N–H and O–H groups in total. The maximum atomic E-state index is 2.43. The zero-order valence-electron chi connectivity index (χ0n) is 25.6. The molecule has 218 valence electrons. The molecular formula is C46H28S. The fourth-order valence-electron chi connectivity index (χ4n) is 7.70. The van der Waals surface area contributed by atoms with Crippen molar-refractivity contribution in [3.63, 3.8) is 0 Å². The van der Waals surface area contributed by atoms with E-state index in [1.165, 1.54) is 96.6 Å². The van der Waals surface area contributed by atoms with Crippen LogP contribution >= 0.6 is 11.3 Å². The first-order valence-electron chi connectivity index (χ1n) is 16.2. The molecule has 0 aliphatic rings. The van der Waals surface area contributed by atoms with E-state index in [2.05, 4.69) is 170 Å². The van der Waals surface area contributed by atoms with Crippen LogP contribution in [0.2, 0.25) is 0 Å². The number of rotatable bonds is 3. The molecule has 0 atom stereocenters. The van der Waals surface area contributed by atoms with Gasteiger partial charge in [0.05, 0.1) is 0 Å². The molecule has 47 heavy (non-hydrogen) atoms. The highest BCUT2D eigenvalue weighted by Gasteiger charge is 2.18. The second-order valence-corrected chi connectivity index (χ2v) is 13.5. The van der Waals surface area contributed by atoms with Crippen molar-refractivity contribution in [2.45, 2.75) is 0 Å². The minimum Gasteiger partial charge on any atom is -0.135 e. The highest BCUT2D eigenvalue weighted by atomic mass is 32.1. The quantitative estimate of drug-likeness (QED) is 0.174. The Morgan fingerprint density at radius 1 is 0.298 bits per heavy atom. The molecule has 1 heterocycles. The van der Waals surface area contributed by atoms with Crippen molar-refractivity contribution in [1.82, 2.24) is 0 Å². The maximum Gasteiger partial charge on any atom is 0.0433 e.